The number of benzene rings is 1. The van der Waals surface area contributed by atoms with E-state index in [1.807, 2.05) is 0 Å². The Morgan fingerprint density at radius 2 is 1.38 bits per heavy atom. The van der Waals surface area contributed by atoms with Crippen molar-refractivity contribution >= 4 is 11.6 Å². The first kappa shape index (κ1) is 13.4. The Morgan fingerprint density at radius 1 is 0.938 bits per heavy atom. The lowest BCUT2D eigenvalue weighted by atomic mass is 9.90. The highest BCUT2D eigenvalue weighted by Gasteiger charge is 2.17. The van der Waals surface area contributed by atoms with Crippen LogP contribution in [-0.4, -0.2) is 7.11 Å². The Labute approximate surface area is 104 Å². The summed E-state index contributed by atoms with van der Waals surface area (Å²) in [6, 6.07) is 0. The van der Waals surface area contributed by atoms with Crippen LogP contribution in [0.2, 0.25) is 0 Å². The lowest BCUT2D eigenvalue weighted by Crippen LogP contribution is -2.05. The van der Waals surface area contributed by atoms with Crippen LogP contribution in [0.3, 0.4) is 0 Å². The van der Waals surface area contributed by atoms with Gasteiger partial charge in [-0.3, -0.25) is 0 Å². The van der Waals surface area contributed by atoms with E-state index in [0.717, 1.165) is 18.6 Å². The van der Waals surface area contributed by atoms with E-state index < -0.39 is 0 Å². The second-order valence-corrected chi connectivity index (χ2v) is 4.33. The van der Waals surface area contributed by atoms with Gasteiger partial charge in [0, 0.05) is 5.88 Å². The molecule has 16 heavy (non-hydrogen) atoms. The fourth-order valence-corrected chi connectivity index (χ4v) is 2.87. The highest BCUT2D eigenvalue weighted by molar-refractivity contribution is 6.17. The van der Waals surface area contributed by atoms with Crippen molar-refractivity contribution in [3.05, 3.63) is 27.8 Å². The van der Waals surface area contributed by atoms with Gasteiger partial charge in [0.15, 0.2) is 0 Å². The van der Waals surface area contributed by atoms with E-state index in [1.54, 1.807) is 7.11 Å². The van der Waals surface area contributed by atoms with Crippen LogP contribution in [0.4, 0.5) is 0 Å². The van der Waals surface area contributed by atoms with Gasteiger partial charge in [-0.05, 0) is 54.5 Å². The SMILES string of the molecule is CCc1c(C)c(CCl)c(C)c(CC)c1OC. The molecule has 0 atom stereocenters. The molecule has 0 spiro atoms. The van der Waals surface area contributed by atoms with Gasteiger partial charge in [0.1, 0.15) is 5.75 Å². The summed E-state index contributed by atoms with van der Waals surface area (Å²) in [7, 11) is 1.76. The van der Waals surface area contributed by atoms with Gasteiger partial charge in [-0.2, -0.15) is 0 Å². The largest absolute Gasteiger partial charge is 0.496 e. The maximum atomic E-state index is 6.05. The highest BCUT2D eigenvalue weighted by Crippen LogP contribution is 2.35. The smallest absolute Gasteiger partial charge is 0.125 e. The zero-order valence-electron chi connectivity index (χ0n) is 10.9. The summed E-state index contributed by atoms with van der Waals surface area (Å²) in [5.74, 6) is 1.65. The number of hydrogen-bond acceptors (Lipinski definition) is 1. The number of alkyl halides is 1. The van der Waals surface area contributed by atoms with E-state index in [-0.39, 0.29) is 0 Å². The van der Waals surface area contributed by atoms with Crippen molar-refractivity contribution in [3.8, 4) is 5.75 Å². The van der Waals surface area contributed by atoms with Crippen molar-refractivity contribution in [2.45, 2.75) is 46.4 Å². The molecule has 0 amide bonds. The van der Waals surface area contributed by atoms with E-state index in [1.165, 1.54) is 27.8 Å². The summed E-state index contributed by atoms with van der Waals surface area (Å²) in [5, 5.41) is 0. The van der Waals surface area contributed by atoms with Gasteiger partial charge >= 0.3 is 0 Å². The number of ether oxygens (including phenoxy) is 1. The van der Waals surface area contributed by atoms with Crippen molar-refractivity contribution in [2.24, 2.45) is 0 Å². The third-order valence-electron chi connectivity index (χ3n) is 3.40. The third kappa shape index (κ3) is 2.06. The Bertz CT molecular complexity index is 352. The molecule has 0 N–H and O–H groups in total. The van der Waals surface area contributed by atoms with Crippen molar-refractivity contribution in [1.29, 1.82) is 0 Å². The Hall–Kier alpha value is -0.690. The standard InChI is InChI=1S/C14H21ClO/c1-6-11-9(3)13(8-15)10(4)12(7-2)14(11)16-5/h6-8H2,1-5H3. The monoisotopic (exact) mass is 240 g/mol. The lowest BCUT2D eigenvalue weighted by Gasteiger charge is -2.20. The van der Waals surface area contributed by atoms with Gasteiger partial charge in [0.25, 0.3) is 0 Å². The molecule has 1 rings (SSSR count). The molecule has 0 aliphatic carbocycles. The minimum Gasteiger partial charge on any atom is -0.496 e. The highest BCUT2D eigenvalue weighted by atomic mass is 35.5. The summed E-state index contributed by atoms with van der Waals surface area (Å²) in [6.45, 7) is 8.62. The molecule has 2 heteroatoms. The molecular weight excluding hydrogens is 220 g/mol. The fraction of sp³-hybridized carbons (Fsp3) is 0.571. The van der Waals surface area contributed by atoms with Crippen molar-refractivity contribution < 1.29 is 4.74 Å². The van der Waals surface area contributed by atoms with Crippen LogP contribution in [0.15, 0.2) is 0 Å². The molecule has 0 saturated carbocycles. The Morgan fingerprint density at radius 3 is 1.62 bits per heavy atom. The van der Waals surface area contributed by atoms with Crippen molar-refractivity contribution in [3.63, 3.8) is 0 Å². The van der Waals surface area contributed by atoms with Crippen LogP contribution in [0.25, 0.3) is 0 Å². The predicted molar refractivity (Wildman–Crippen MR) is 70.8 cm³/mol. The van der Waals surface area contributed by atoms with E-state index >= 15 is 0 Å². The Kier molecular flexibility index (Phi) is 4.67. The van der Waals surface area contributed by atoms with Crippen LogP contribution in [0.1, 0.15) is 41.7 Å². The van der Waals surface area contributed by atoms with E-state index in [0.29, 0.717) is 5.88 Å². The second kappa shape index (κ2) is 5.58. The van der Waals surface area contributed by atoms with E-state index in [2.05, 4.69) is 27.7 Å². The van der Waals surface area contributed by atoms with Gasteiger partial charge in [0.2, 0.25) is 0 Å². The van der Waals surface area contributed by atoms with Crippen LogP contribution < -0.4 is 4.74 Å². The minimum absolute atomic E-state index is 0.585. The van der Waals surface area contributed by atoms with E-state index in [4.69, 9.17) is 16.3 Å². The molecule has 1 aromatic carbocycles. The lowest BCUT2D eigenvalue weighted by molar-refractivity contribution is 0.404. The van der Waals surface area contributed by atoms with Crippen LogP contribution in [0, 0.1) is 13.8 Å². The summed E-state index contributed by atoms with van der Waals surface area (Å²) >= 11 is 6.05. The van der Waals surface area contributed by atoms with Crippen LogP contribution in [0.5, 0.6) is 5.75 Å². The zero-order chi connectivity index (χ0) is 12.3. The molecule has 0 saturated heterocycles. The number of rotatable bonds is 4. The summed E-state index contributed by atoms with van der Waals surface area (Å²) in [5.41, 5.74) is 6.48. The van der Waals surface area contributed by atoms with Gasteiger partial charge < -0.3 is 4.74 Å². The first-order chi connectivity index (χ1) is 7.62. The topological polar surface area (TPSA) is 9.23 Å². The number of halogens is 1. The van der Waals surface area contributed by atoms with Gasteiger partial charge in [-0.25, -0.2) is 0 Å². The van der Waals surface area contributed by atoms with Crippen LogP contribution >= 0.6 is 11.6 Å². The molecule has 90 valence electrons. The first-order valence-electron chi connectivity index (χ1n) is 5.85. The fourth-order valence-electron chi connectivity index (χ4n) is 2.47. The third-order valence-corrected chi connectivity index (χ3v) is 3.67. The first-order valence-corrected chi connectivity index (χ1v) is 6.39. The second-order valence-electron chi connectivity index (χ2n) is 4.06. The average Bonchev–Trinajstić information content (AvgIpc) is 2.29. The van der Waals surface area contributed by atoms with Gasteiger partial charge in [0.05, 0.1) is 7.11 Å². The average molecular weight is 241 g/mol. The molecule has 0 radical (unpaired) electrons. The zero-order valence-corrected chi connectivity index (χ0v) is 11.7. The Balaban J connectivity index is 3.61. The maximum absolute atomic E-state index is 6.05. The normalized spacial score (nSPS) is 10.6. The molecular formula is C14H21ClO. The molecule has 1 aromatic rings. The quantitative estimate of drug-likeness (QED) is 0.718. The van der Waals surface area contributed by atoms with Crippen LogP contribution in [-0.2, 0) is 18.7 Å². The molecule has 0 aliphatic heterocycles. The molecule has 1 nitrogen and oxygen atoms in total. The van der Waals surface area contributed by atoms with Crippen molar-refractivity contribution in [1.82, 2.24) is 0 Å². The predicted octanol–water partition coefficient (Wildman–Crippen LogP) is 4.18. The maximum Gasteiger partial charge on any atom is 0.125 e. The summed E-state index contributed by atoms with van der Waals surface area (Å²) in [6.07, 6.45) is 1.98. The molecule has 0 bridgehead atoms. The number of hydrogen-bond donors (Lipinski definition) is 0. The summed E-state index contributed by atoms with van der Waals surface area (Å²) < 4.78 is 5.58. The van der Waals surface area contributed by atoms with Crippen molar-refractivity contribution in [2.75, 3.05) is 7.11 Å². The molecule has 0 aromatic heterocycles. The van der Waals surface area contributed by atoms with Gasteiger partial charge in [-0.1, -0.05) is 13.8 Å². The summed E-state index contributed by atoms with van der Waals surface area (Å²) in [4.78, 5) is 0. The van der Waals surface area contributed by atoms with Gasteiger partial charge in [-0.15, -0.1) is 11.6 Å². The molecule has 0 aliphatic rings. The van der Waals surface area contributed by atoms with E-state index in [9.17, 15) is 0 Å². The number of methoxy groups -OCH3 is 1. The molecule has 0 unspecified atom stereocenters. The minimum atomic E-state index is 0.585. The molecule has 0 heterocycles. The molecule has 0 fully saturated rings.